The maximum absolute atomic E-state index is 12.6. The Balaban J connectivity index is 1.53. The average molecular weight is 496 g/mol. The zero-order valence-electron chi connectivity index (χ0n) is 18.5. The highest BCUT2D eigenvalue weighted by atomic mass is 35.5. The average Bonchev–Trinajstić information content (AvgIpc) is 3.10. The van der Waals surface area contributed by atoms with E-state index in [0.717, 1.165) is 32.7 Å². The van der Waals surface area contributed by atoms with E-state index in [9.17, 15) is 13.2 Å². The van der Waals surface area contributed by atoms with Crippen molar-refractivity contribution in [1.82, 2.24) is 15.2 Å². The van der Waals surface area contributed by atoms with Gasteiger partial charge in [-0.15, -0.1) is 0 Å². The van der Waals surface area contributed by atoms with E-state index in [4.69, 9.17) is 11.6 Å². The van der Waals surface area contributed by atoms with Crippen LogP contribution in [0.1, 0.15) is 11.3 Å². The number of aromatic nitrogens is 2. The first-order valence-corrected chi connectivity index (χ1v) is 12.6. The molecule has 0 spiro atoms. The number of halogens is 1. The molecule has 4 aromatic rings. The number of hydrogen-bond donors (Lipinski definition) is 1. The van der Waals surface area contributed by atoms with Crippen LogP contribution in [0.25, 0.3) is 16.5 Å². The van der Waals surface area contributed by atoms with Crippen molar-refractivity contribution >= 4 is 50.2 Å². The van der Waals surface area contributed by atoms with Crippen molar-refractivity contribution in [2.75, 3.05) is 17.1 Å². The summed E-state index contributed by atoms with van der Waals surface area (Å²) in [4.78, 5) is 12.6. The van der Waals surface area contributed by atoms with E-state index in [1.165, 1.54) is 6.21 Å². The third kappa shape index (κ3) is 4.95. The Morgan fingerprint density at radius 1 is 1.09 bits per heavy atom. The molecule has 0 aliphatic rings. The lowest BCUT2D eigenvalue weighted by atomic mass is 10.1. The van der Waals surface area contributed by atoms with Crippen LogP contribution in [0, 0.1) is 6.92 Å². The van der Waals surface area contributed by atoms with E-state index in [1.807, 2.05) is 67.6 Å². The van der Waals surface area contributed by atoms with Crippen LogP contribution in [0.5, 0.6) is 0 Å². The third-order valence-corrected chi connectivity index (χ3v) is 6.63. The third-order valence-electron chi connectivity index (χ3n) is 5.22. The predicted octanol–water partition coefficient (Wildman–Crippen LogP) is 3.90. The second kappa shape index (κ2) is 9.66. The van der Waals surface area contributed by atoms with Crippen molar-refractivity contribution in [3.05, 3.63) is 89.2 Å². The lowest BCUT2D eigenvalue weighted by Crippen LogP contribution is -2.39. The molecule has 0 atom stereocenters. The van der Waals surface area contributed by atoms with Crippen LogP contribution >= 0.6 is 11.6 Å². The van der Waals surface area contributed by atoms with Crippen molar-refractivity contribution in [3.8, 4) is 5.69 Å². The van der Waals surface area contributed by atoms with Gasteiger partial charge in [0, 0.05) is 5.39 Å². The van der Waals surface area contributed by atoms with Crippen molar-refractivity contribution in [2.24, 2.45) is 5.10 Å². The summed E-state index contributed by atoms with van der Waals surface area (Å²) in [6, 6.07) is 22.2. The molecule has 0 unspecified atom stereocenters. The first-order chi connectivity index (χ1) is 16.3. The quantitative estimate of drug-likeness (QED) is 0.310. The van der Waals surface area contributed by atoms with Gasteiger partial charge in [0.05, 0.1) is 35.1 Å². The number of amides is 1. The fourth-order valence-electron chi connectivity index (χ4n) is 3.59. The summed E-state index contributed by atoms with van der Waals surface area (Å²) in [7, 11) is -3.74. The summed E-state index contributed by atoms with van der Waals surface area (Å²) in [5, 5.41) is 10.1. The SMILES string of the molecule is Cc1c(C=NNC(=O)CN(c2cccc3ccccc23)S(C)(=O)=O)c(Cl)nn1-c1ccccc1. The Morgan fingerprint density at radius 3 is 2.50 bits per heavy atom. The van der Waals surface area contributed by atoms with Gasteiger partial charge >= 0.3 is 0 Å². The lowest BCUT2D eigenvalue weighted by Gasteiger charge is -2.23. The molecule has 10 heteroatoms. The lowest BCUT2D eigenvalue weighted by molar-refractivity contribution is -0.119. The van der Waals surface area contributed by atoms with E-state index in [2.05, 4.69) is 15.6 Å². The predicted molar refractivity (Wildman–Crippen MR) is 135 cm³/mol. The van der Waals surface area contributed by atoms with Gasteiger partial charge in [0.15, 0.2) is 5.15 Å². The number of carbonyl (C=O) groups excluding carboxylic acids is 1. The molecular weight excluding hydrogens is 474 g/mol. The van der Waals surface area contributed by atoms with E-state index >= 15 is 0 Å². The number of nitrogens with one attached hydrogen (secondary N) is 1. The van der Waals surface area contributed by atoms with Gasteiger partial charge in [-0.2, -0.15) is 10.2 Å². The molecule has 8 nitrogen and oxygen atoms in total. The molecular formula is C24H22ClN5O3S. The summed E-state index contributed by atoms with van der Waals surface area (Å²) >= 11 is 6.27. The Kier molecular flexibility index (Phi) is 6.67. The smallest absolute Gasteiger partial charge is 0.260 e. The van der Waals surface area contributed by atoms with Crippen LogP contribution in [0.2, 0.25) is 5.15 Å². The van der Waals surface area contributed by atoms with Gasteiger partial charge in [0.1, 0.15) is 6.54 Å². The molecule has 0 saturated heterocycles. The monoisotopic (exact) mass is 495 g/mol. The van der Waals surface area contributed by atoms with Gasteiger partial charge in [-0.25, -0.2) is 18.5 Å². The zero-order chi connectivity index (χ0) is 24.3. The summed E-state index contributed by atoms with van der Waals surface area (Å²) in [5.41, 5.74) is 4.92. The molecule has 0 radical (unpaired) electrons. The van der Waals surface area contributed by atoms with Gasteiger partial charge in [-0.1, -0.05) is 66.2 Å². The van der Waals surface area contributed by atoms with E-state index in [0.29, 0.717) is 11.3 Å². The largest absolute Gasteiger partial charge is 0.271 e. The standard InChI is InChI=1S/C24H22ClN5O3S/c1-17-21(24(25)28-30(17)19-11-4-3-5-12-19)15-26-27-23(31)16-29(34(2,32)33)22-14-8-10-18-9-6-7-13-20(18)22/h3-15H,16H2,1-2H3,(H,27,31). The number of hydrogen-bond acceptors (Lipinski definition) is 5. The molecule has 1 N–H and O–H groups in total. The van der Waals surface area contributed by atoms with Gasteiger partial charge < -0.3 is 0 Å². The summed E-state index contributed by atoms with van der Waals surface area (Å²) in [5.74, 6) is -0.598. The molecule has 0 aliphatic heterocycles. The summed E-state index contributed by atoms with van der Waals surface area (Å²) in [6.07, 6.45) is 2.46. The topological polar surface area (TPSA) is 96.7 Å². The minimum atomic E-state index is -3.74. The molecule has 0 fully saturated rings. The Hall–Kier alpha value is -3.69. The number of rotatable bonds is 7. The van der Waals surface area contributed by atoms with Crippen LogP contribution in [-0.2, 0) is 14.8 Å². The Morgan fingerprint density at radius 2 is 1.76 bits per heavy atom. The first-order valence-electron chi connectivity index (χ1n) is 10.3. The van der Waals surface area contributed by atoms with Crippen molar-refractivity contribution in [3.63, 3.8) is 0 Å². The number of fused-ring (bicyclic) bond motifs is 1. The number of hydrazone groups is 1. The first kappa shape index (κ1) is 23.5. The van der Waals surface area contributed by atoms with Crippen LogP contribution in [0.15, 0.2) is 77.9 Å². The van der Waals surface area contributed by atoms with E-state index < -0.39 is 22.5 Å². The molecule has 0 bridgehead atoms. The molecule has 1 amide bonds. The fraction of sp³-hybridized carbons (Fsp3) is 0.125. The highest BCUT2D eigenvalue weighted by Gasteiger charge is 2.22. The highest BCUT2D eigenvalue weighted by Crippen LogP contribution is 2.28. The number of carbonyl (C=O) groups is 1. The Labute approximate surface area is 202 Å². The number of sulfonamides is 1. The minimum Gasteiger partial charge on any atom is -0.271 e. The van der Waals surface area contributed by atoms with Crippen LogP contribution in [0.4, 0.5) is 5.69 Å². The fourth-order valence-corrected chi connectivity index (χ4v) is 4.72. The van der Waals surface area contributed by atoms with Gasteiger partial charge in [-0.3, -0.25) is 9.10 Å². The van der Waals surface area contributed by atoms with Gasteiger partial charge in [0.2, 0.25) is 10.0 Å². The molecule has 4 rings (SSSR count). The maximum atomic E-state index is 12.6. The highest BCUT2D eigenvalue weighted by molar-refractivity contribution is 7.92. The molecule has 1 aromatic heterocycles. The second-order valence-corrected chi connectivity index (χ2v) is 9.86. The molecule has 0 aliphatic carbocycles. The summed E-state index contributed by atoms with van der Waals surface area (Å²) < 4.78 is 27.8. The van der Waals surface area contributed by atoms with Crippen molar-refractivity contribution in [2.45, 2.75) is 6.92 Å². The molecule has 174 valence electrons. The van der Waals surface area contributed by atoms with Crippen LogP contribution in [-0.4, -0.2) is 43.1 Å². The normalized spacial score (nSPS) is 11.7. The van der Waals surface area contributed by atoms with Crippen molar-refractivity contribution < 1.29 is 13.2 Å². The van der Waals surface area contributed by atoms with E-state index in [-0.39, 0.29) is 5.15 Å². The number of para-hydroxylation sites is 1. The molecule has 1 heterocycles. The summed E-state index contributed by atoms with van der Waals surface area (Å²) in [6.45, 7) is 1.40. The number of anilines is 1. The maximum Gasteiger partial charge on any atom is 0.260 e. The minimum absolute atomic E-state index is 0.230. The van der Waals surface area contributed by atoms with Crippen molar-refractivity contribution in [1.29, 1.82) is 0 Å². The molecule has 3 aromatic carbocycles. The van der Waals surface area contributed by atoms with Gasteiger partial charge in [-0.05, 0) is 30.5 Å². The van der Waals surface area contributed by atoms with E-state index in [1.54, 1.807) is 16.8 Å². The molecule has 0 saturated carbocycles. The number of nitrogens with zero attached hydrogens (tertiary/aromatic N) is 4. The van der Waals surface area contributed by atoms with Crippen LogP contribution < -0.4 is 9.73 Å². The molecule has 34 heavy (non-hydrogen) atoms. The zero-order valence-corrected chi connectivity index (χ0v) is 20.1. The second-order valence-electron chi connectivity index (χ2n) is 7.60. The van der Waals surface area contributed by atoms with Gasteiger partial charge in [0.25, 0.3) is 5.91 Å². The number of benzene rings is 3. The Bertz CT molecular complexity index is 1480. The van der Waals surface area contributed by atoms with Crippen LogP contribution in [0.3, 0.4) is 0 Å².